The molecule has 1 aromatic carbocycles. The van der Waals surface area contributed by atoms with E-state index in [9.17, 15) is 14.4 Å². The Bertz CT molecular complexity index is 1100. The van der Waals surface area contributed by atoms with Crippen LogP contribution in [0, 0.1) is 18.7 Å². The molecule has 2 heterocycles. The van der Waals surface area contributed by atoms with E-state index in [1.807, 2.05) is 11.9 Å². The maximum absolute atomic E-state index is 15.2. The number of anilines is 1. The molecular weight excluding hydrogens is 389 g/mol. The Morgan fingerprint density at radius 3 is 2.70 bits per heavy atom. The van der Waals surface area contributed by atoms with E-state index in [0.29, 0.717) is 36.4 Å². The Morgan fingerprint density at radius 2 is 2.07 bits per heavy atom. The van der Waals surface area contributed by atoms with Crippen molar-refractivity contribution in [3.05, 3.63) is 38.3 Å². The summed E-state index contributed by atoms with van der Waals surface area (Å²) in [7, 11) is 1.86. The SMILES string of the molecule is CNC(CNC(C)=O)C1CCN(c2c(F)cc3c(=O)[nH]c(=O)n(C4CC4)c3c2C)C1. The van der Waals surface area contributed by atoms with Gasteiger partial charge in [0.05, 0.1) is 16.6 Å². The number of aromatic nitrogens is 2. The molecule has 1 amide bonds. The highest BCUT2D eigenvalue weighted by atomic mass is 19.1. The average Bonchev–Trinajstić information content (AvgIpc) is 3.41. The van der Waals surface area contributed by atoms with Crippen LogP contribution in [0.5, 0.6) is 0 Å². The number of likely N-dealkylation sites (N-methyl/N-ethyl adjacent to an activating group) is 1. The number of nitrogens with zero attached hydrogens (tertiary/aromatic N) is 2. The molecule has 2 unspecified atom stereocenters. The Balaban J connectivity index is 1.71. The van der Waals surface area contributed by atoms with Crippen LogP contribution in [-0.2, 0) is 4.79 Å². The van der Waals surface area contributed by atoms with E-state index >= 15 is 4.39 Å². The summed E-state index contributed by atoms with van der Waals surface area (Å²) in [6, 6.07) is 1.40. The fourth-order valence-electron chi connectivity index (χ4n) is 4.71. The van der Waals surface area contributed by atoms with E-state index < -0.39 is 17.1 Å². The molecule has 4 rings (SSSR count). The third kappa shape index (κ3) is 3.62. The molecule has 1 aromatic heterocycles. The van der Waals surface area contributed by atoms with Crippen molar-refractivity contribution in [3.63, 3.8) is 0 Å². The fourth-order valence-corrected chi connectivity index (χ4v) is 4.71. The zero-order valence-corrected chi connectivity index (χ0v) is 17.5. The van der Waals surface area contributed by atoms with Crippen LogP contribution in [0.1, 0.15) is 37.8 Å². The molecule has 162 valence electrons. The summed E-state index contributed by atoms with van der Waals surface area (Å²) in [5.74, 6) is -0.291. The van der Waals surface area contributed by atoms with E-state index in [0.717, 1.165) is 19.3 Å². The van der Waals surface area contributed by atoms with Gasteiger partial charge in [-0.25, -0.2) is 9.18 Å². The Hall–Kier alpha value is -2.68. The molecule has 2 aliphatic rings. The van der Waals surface area contributed by atoms with Crippen molar-refractivity contribution in [1.82, 2.24) is 20.2 Å². The van der Waals surface area contributed by atoms with Gasteiger partial charge in [-0.15, -0.1) is 0 Å². The van der Waals surface area contributed by atoms with Crippen LogP contribution >= 0.6 is 0 Å². The third-order valence-electron chi connectivity index (χ3n) is 6.35. The van der Waals surface area contributed by atoms with Crippen molar-refractivity contribution >= 4 is 22.5 Å². The molecule has 30 heavy (non-hydrogen) atoms. The van der Waals surface area contributed by atoms with Crippen LogP contribution in [0.25, 0.3) is 10.9 Å². The molecule has 3 N–H and O–H groups in total. The van der Waals surface area contributed by atoms with Gasteiger partial charge in [0.2, 0.25) is 5.91 Å². The van der Waals surface area contributed by atoms with Gasteiger partial charge in [-0.2, -0.15) is 0 Å². The summed E-state index contributed by atoms with van der Waals surface area (Å²) in [6.45, 7) is 5.09. The number of carbonyl (C=O) groups excluding carboxylic acids is 1. The van der Waals surface area contributed by atoms with Gasteiger partial charge in [0, 0.05) is 44.2 Å². The lowest BCUT2D eigenvalue weighted by molar-refractivity contribution is -0.119. The number of aryl methyl sites for hydroxylation is 1. The predicted molar refractivity (Wildman–Crippen MR) is 114 cm³/mol. The van der Waals surface area contributed by atoms with Crippen molar-refractivity contribution < 1.29 is 9.18 Å². The van der Waals surface area contributed by atoms with E-state index in [-0.39, 0.29) is 29.3 Å². The highest BCUT2D eigenvalue weighted by Gasteiger charge is 2.33. The standard InChI is InChI=1S/C21H28FN5O3/c1-11-18-15(20(29)25-21(30)27(18)14-4-5-14)8-16(22)19(11)26-7-6-13(10-26)17(23-3)9-24-12(2)28/h8,13-14,17,23H,4-7,9-10H2,1-3H3,(H,24,28)(H,25,29,30). The van der Waals surface area contributed by atoms with E-state index in [2.05, 4.69) is 15.6 Å². The average molecular weight is 417 g/mol. The molecule has 1 saturated carbocycles. The number of amides is 1. The first-order valence-corrected chi connectivity index (χ1v) is 10.5. The summed E-state index contributed by atoms with van der Waals surface area (Å²) in [5, 5.41) is 6.31. The van der Waals surface area contributed by atoms with Gasteiger partial charge in [-0.1, -0.05) is 0 Å². The quantitative estimate of drug-likeness (QED) is 0.652. The van der Waals surface area contributed by atoms with E-state index in [1.165, 1.54) is 13.0 Å². The first kappa shape index (κ1) is 20.6. The molecule has 0 spiro atoms. The number of hydrogen-bond donors (Lipinski definition) is 3. The monoisotopic (exact) mass is 417 g/mol. The summed E-state index contributed by atoms with van der Waals surface area (Å²) in [4.78, 5) is 40.4. The molecular formula is C21H28FN5O3. The van der Waals surface area contributed by atoms with Crippen LogP contribution in [0.3, 0.4) is 0 Å². The van der Waals surface area contributed by atoms with Crippen molar-refractivity contribution in [2.24, 2.45) is 5.92 Å². The molecule has 0 radical (unpaired) electrons. The normalized spacial score (nSPS) is 20.0. The van der Waals surface area contributed by atoms with Crippen molar-refractivity contribution in [2.75, 3.05) is 31.6 Å². The van der Waals surface area contributed by atoms with Crippen LogP contribution in [-0.4, -0.2) is 48.2 Å². The van der Waals surface area contributed by atoms with Crippen molar-refractivity contribution in [1.29, 1.82) is 0 Å². The number of carbonyl (C=O) groups is 1. The van der Waals surface area contributed by atoms with Crippen LogP contribution in [0.2, 0.25) is 0 Å². The van der Waals surface area contributed by atoms with Crippen LogP contribution in [0.4, 0.5) is 10.1 Å². The summed E-state index contributed by atoms with van der Waals surface area (Å²) in [5.41, 5.74) is 0.641. The molecule has 9 heteroatoms. The Kier molecular flexibility index (Phi) is 5.40. The highest BCUT2D eigenvalue weighted by molar-refractivity contribution is 5.87. The van der Waals surface area contributed by atoms with Gasteiger partial charge in [0.1, 0.15) is 5.82 Å². The first-order valence-electron chi connectivity index (χ1n) is 10.5. The largest absolute Gasteiger partial charge is 0.369 e. The van der Waals surface area contributed by atoms with Gasteiger partial charge in [-0.3, -0.25) is 19.1 Å². The number of fused-ring (bicyclic) bond motifs is 1. The minimum absolute atomic E-state index is 0.0616. The zero-order chi connectivity index (χ0) is 21.6. The second-order valence-corrected chi connectivity index (χ2v) is 8.42. The lowest BCUT2D eigenvalue weighted by atomic mass is 9.99. The number of nitrogens with one attached hydrogen (secondary N) is 3. The lowest BCUT2D eigenvalue weighted by Gasteiger charge is -2.26. The molecule has 2 atom stereocenters. The van der Waals surface area contributed by atoms with Gasteiger partial charge in [-0.05, 0) is 45.2 Å². The number of hydrogen-bond acceptors (Lipinski definition) is 5. The molecule has 1 saturated heterocycles. The zero-order valence-electron chi connectivity index (χ0n) is 17.5. The molecule has 0 bridgehead atoms. The Labute approximate surface area is 173 Å². The Morgan fingerprint density at radius 1 is 1.33 bits per heavy atom. The first-order chi connectivity index (χ1) is 14.3. The molecule has 2 aromatic rings. The molecule has 2 fully saturated rings. The maximum atomic E-state index is 15.2. The van der Waals surface area contributed by atoms with Crippen LogP contribution in [0.15, 0.2) is 15.7 Å². The second-order valence-electron chi connectivity index (χ2n) is 8.42. The molecule has 1 aliphatic heterocycles. The predicted octanol–water partition coefficient (Wildman–Crippen LogP) is 1.02. The van der Waals surface area contributed by atoms with Gasteiger partial charge < -0.3 is 15.5 Å². The minimum Gasteiger partial charge on any atom is -0.369 e. The van der Waals surface area contributed by atoms with Crippen molar-refractivity contribution in [3.8, 4) is 0 Å². The highest BCUT2D eigenvalue weighted by Crippen LogP contribution is 2.39. The topological polar surface area (TPSA) is 99.2 Å². The number of aromatic amines is 1. The number of halogens is 1. The van der Waals surface area contributed by atoms with Crippen molar-refractivity contribution in [2.45, 2.75) is 45.2 Å². The second kappa shape index (κ2) is 7.86. The third-order valence-corrected chi connectivity index (χ3v) is 6.35. The number of H-pyrrole nitrogens is 1. The number of benzene rings is 1. The van der Waals surface area contributed by atoms with Gasteiger partial charge in [0.15, 0.2) is 0 Å². The van der Waals surface area contributed by atoms with E-state index in [1.54, 1.807) is 11.5 Å². The molecule has 1 aliphatic carbocycles. The summed E-state index contributed by atoms with van der Waals surface area (Å²) in [6.07, 6.45) is 2.62. The number of rotatable bonds is 6. The van der Waals surface area contributed by atoms with Gasteiger partial charge >= 0.3 is 5.69 Å². The maximum Gasteiger partial charge on any atom is 0.329 e. The van der Waals surface area contributed by atoms with E-state index in [4.69, 9.17) is 0 Å². The summed E-state index contributed by atoms with van der Waals surface area (Å²) < 4.78 is 16.8. The smallest absolute Gasteiger partial charge is 0.329 e. The lowest BCUT2D eigenvalue weighted by Crippen LogP contribution is -2.44. The minimum atomic E-state index is -0.551. The summed E-state index contributed by atoms with van der Waals surface area (Å²) >= 11 is 0. The fraction of sp³-hybridized carbons (Fsp3) is 0.571. The van der Waals surface area contributed by atoms with Crippen LogP contribution < -0.4 is 26.8 Å². The molecule has 8 nitrogen and oxygen atoms in total. The van der Waals surface area contributed by atoms with Gasteiger partial charge in [0.25, 0.3) is 5.56 Å².